The molecule has 0 saturated carbocycles. The maximum atomic E-state index is 5.77. The van der Waals surface area contributed by atoms with Gasteiger partial charge >= 0.3 is 0 Å². The summed E-state index contributed by atoms with van der Waals surface area (Å²) in [6.07, 6.45) is 0. The molecule has 0 bridgehead atoms. The highest BCUT2D eigenvalue weighted by atomic mass is 35.6. The van der Waals surface area contributed by atoms with Crippen LogP contribution < -0.4 is 0 Å². The summed E-state index contributed by atoms with van der Waals surface area (Å²) < 4.78 is -6.60. The summed E-state index contributed by atoms with van der Waals surface area (Å²) in [5.74, 6) is 0. The molecule has 0 amide bonds. The third-order valence-electron chi connectivity index (χ3n) is 1.26. The third-order valence-corrected chi connectivity index (χ3v) is 6.97. The number of hydrogen-bond donors (Lipinski definition) is 0. The first-order valence-corrected chi connectivity index (χ1v) is 6.67. The Morgan fingerprint density at radius 1 is 0.533 bits per heavy atom. The molecule has 0 aromatic carbocycles. The molecule has 0 aliphatic carbocycles. The molecule has 0 aliphatic heterocycles. The van der Waals surface area contributed by atoms with E-state index in [2.05, 4.69) is 0 Å². The van der Waals surface area contributed by atoms with Gasteiger partial charge < -0.3 is 0 Å². The highest BCUT2D eigenvalue weighted by Gasteiger charge is 2.66. The fourth-order valence-electron chi connectivity index (χ4n) is 0.435. The van der Waals surface area contributed by atoms with Crippen molar-refractivity contribution in [1.82, 2.24) is 0 Å². The van der Waals surface area contributed by atoms with Crippen molar-refractivity contribution in [3.8, 4) is 0 Å². The molecule has 10 heteroatoms. The molecule has 0 heterocycles. The zero-order valence-corrected chi connectivity index (χ0v) is 13.8. The van der Waals surface area contributed by atoms with E-state index < -0.39 is 22.7 Å². The molecule has 0 aliphatic rings. The molecule has 0 rings (SSSR count). The van der Waals surface area contributed by atoms with Crippen LogP contribution in [0.15, 0.2) is 0 Å². The molecule has 0 aromatic heterocycles. The van der Waals surface area contributed by atoms with Crippen molar-refractivity contribution in [3.63, 3.8) is 0 Å². The van der Waals surface area contributed by atoms with Crippen LogP contribution in [-0.2, 0) is 0 Å². The van der Waals surface area contributed by atoms with Crippen LogP contribution in [-0.4, -0.2) is 13.0 Å². The van der Waals surface area contributed by atoms with E-state index in [0.717, 1.165) is 0 Å². The first-order valence-electron chi connectivity index (χ1n) is 2.89. The van der Waals surface area contributed by atoms with Crippen LogP contribution in [0, 0.1) is 9.67 Å². The summed E-state index contributed by atoms with van der Waals surface area (Å²) in [5, 5.41) is 0. The molecular formula is C5Cl10. The van der Waals surface area contributed by atoms with Crippen LogP contribution in [0.4, 0.5) is 0 Å². The monoisotopic (exact) mass is 410 g/mol. The normalized spacial score (nSPS) is 15.2. The van der Waals surface area contributed by atoms with Gasteiger partial charge in [0, 0.05) is 0 Å². The summed E-state index contributed by atoms with van der Waals surface area (Å²) in [5.41, 5.74) is 0. The quantitative estimate of drug-likeness (QED) is 0.464. The van der Waals surface area contributed by atoms with Crippen molar-refractivity contribution >= 4 is 116 Å². The Balaban J connectivity index is 5.30. The summed E-state index contributed by atoms with van der Waals surface area (Å²) in [7, 11) is 0. The lowest BCUT2D eigenvalue weighted by atomic mass is 10.2. The molecule has 0 nitrogen and oxygen atoms in total. The largest absolute Gasteiger partial charge is 0.189 e. The SMILES string of the molecule is Cl[C](Cl)C(Cl)(Cl)C(Cl)(Cl)C(Cl)(Cl)[C](Cl)Cl. The average molecular weight is 415 g/mol. The van der Waals surface area contributed by atoms with Gasteiger partial charge in [0.1, 0.15) is 0 Å². The van der Waals surface area contributed by atoms with Crippen LogP contribution in [0.3, 0.4) is 0 Å². The topological polar surface area (TPSA) is 0 Å². The Bertz CT molecular complexity index is 196. The van der Waals surface area contributed by atoms with E-state index in [1.165, 1.54) is 0 Å². The minimum Gasteiger partial charge on any atom is -0.0946 e. The van der Waals surface area contributed by atoms with Gasteiger partial charge in [-0.3, -0.25) is 0 Å². The maximum Gasteiger partial charge on any atom is 0.189 e. The first-order chi connectivity index (χ1) is 6.39. The van der Waals surface area contributed by atoms with Crippen molar-refractivity contribution in [3.05, 3.63) is 9.67 Å². The van der Waals surface area contributed by atoms with Crippen molar-refractivity contribution in [2.24, 2.45) is 0 Å². The van der Waals surface area contributed by atoms with Gasteiger partial charge in [0.05, 0.1) is 0 Å². The van der Waals surface area contributed by atoms with Gasteiger partial charge in [-0.2, -0.15) is 0 Å². The third kappa shape index (κ3) is 3.47. The Morgan fingerprint density at radius 2 is 0.733 bits per heavy atom. The fraction of sp³-hybridized carbons (Fsp3) is 0.600. The number of halogens is 10. The van der Waals surface area contributed by atoms with Crippen molar-refractivity contribution in [2.75, 3.05) is 0 Å². The molecule has 0 N–H and O–H groups in total. The minimum absolute atomic E-state index is 0.559. The van der Waals surface area contributed by atoms with Gasteiger partial charge in [0.15, 0.2) is 22.7 Å². The Hall–Kier alpha value is 2.90. The second-order valence-electron chi connectivity index (χ2n) is 2.24. The zero-order chi connectivity index (χ0) is 12.7. The van der Waals surface area contributed by atoms with Crippen LogP contribution in [0.2, 0.25) is 0 Å². The van der Waals surface area contributed by atoms with Crippen LogP contribution in [0.25, 0.3) is 0 Å². The predicted molar refractivity (Wildman–Crippen MR) is 73.2 cm³/mol. The van der Waals surface area contributed by atoms with Crippen LogP contribution in [0.5, 0.6) is 0 Å². The fourth-order valence-corrected chi connectivity index (χ4v) is 2.53. The van der Waals surface area contributed by atoms with Crippen molar-refractivity contribution in [2.45, 2.75) is 13.0 Å². The molecule has 0 atom stereocenters. The average Bonchev–Trinajstić information content (AvgIpc) is 2.02. The Morgan fingerprint density at radius 3 is 0.867 bits per heavy atom. The smallest absolute Gasteiger partial charge is 0.0946 e. The Kier molecular flexibility index (Phi) is 7.05. The lowest BCUT2D eigenvalue weighted by molar-refractivity contribution is 0.683. The maximum absolute atomic E-state index is 5.77. The highest BCUT2D eigenvalue weighted by molar-refractivity contribution is 6.78. The molecule has 2 radical (unpaired) electrons. The Labute approximate surface area is 137 Å². The van der Waals surface area contributed by atoms with E-state index in [4.69, 9.17) is 116 Å². The number of alkyl halides is 6. The first kappa shape index (κ1) is 17.9. The zero-order valence-electron chi connectivity index (χ0n) is 6.28. The summed E-state index contributed by atoms with van der Waals surface area (Å²) in [6, 6.07) is 0. The van der Waals surface area contributed by atoms with Gasteiger partial charge in [-0.1, -0.05) is 116 Å². The molecule has 90 valence electrons. The second-order valence-corrected chi connectivity index (χ2v) is 8.12. The molecule has 0 fully saturated rings. The van der Waals surface area contributed by atoms with E-state index in [9.17, 15) is 0 Å². The molecule has 15 heavy (non-hydrogen) atoms. The van der Waals surface area contributed by atoms with E-state index in [1.807, 2.05) is 0 Å². The van der Waals surface area contributed by atoms with E-state index in [-0.39, 0.29) is 0 Å². The van der Waals surface area contributed by atoms with Gasteiger partial charge in [-0.05, 0) is 0 Å². The minimum atomic E-state index is -2.26. The highest BCUT2D eigenvalue weighted by Crippen LogP contribution is 2.63. The van der Waals surface area contributed by atoms with Crippen molar-refractivity contribution in [1.29, 1.82) is 0 Å². The van der Waals surface area contributed by atoms with Crippen molar-refractivity contribution < 1.29 is 0 Å². The van der Waals surface area contributed by atoms with E-state index in [0.29, 0.717) is 0 Å². The molecular weight excluding hydrogens is 415 g/mol. The molecule has 0 saturated heterocycles. The van der Waals surface area contributed by atoms with E-state index >= 15 is 0 Å². The summed E-state index contributed by atoms with van der Waals surface area (Å²) in [6.45, 7) is 0. The molecule has 0 spiro atoms. The summed E-state index contributed by atoms with van der Waals surface area (Å²) >= 11 is 55.9. The van der Waals surface area contributed by atoms with Gasteiger partial charge in [-0.15, -0.1) is 0 Å². The molecule has 0 unspecified atom stereocenters. The second kappa shape index (κ2) is 5.90. The standard InChI is InChI=1S/C5Cl10/c6-1(7)3(10,11)5(14,15)4(12,13)2(8)9. The number of rotatable bonds is 4. The predicted octanol–water partition coefficient (Wildman–Crippen LogP) is 6.44. The molecule has 0 aromatic rings. The lowest BCUT2D eigenvalue weighted by Crippen LogP contribution is -2.52. The van der Waals surface area contributed by atoms with Gasteiger partial charge in [0.25, 0.3) is 0 Å². The summed E-state index contributed by atoms with van der Waals surface area (Å²) in [4.78, 5) is -1.12. The van der Waals surface area contributed by atoms with Crippen LogP contribution >= 0.6 is 116 Å². The van der Waals surface area contributed by atoms with Crippen LogP contribution in [0.1, 0.15) is 0 Å². The van der Waals surface area contributed by atoms with E-state index in [1.54, 1.807) is 0 Å². The number of hydrogen-bond acceptors (Lipinski definition) is 0. The van der Waals surface area contributed by atoms with Gasteiger partial charge in [0.2, 0.25) is 0 Å². The van der Waals surface area contributed by atoms with Gasteiger partial charge in [-0.25, -0.2) is 0 Å². The lowest BCUT2D eigenvalue weighted by Gasteiger charge is -2.41.